The lowest BCUT2D eigenvalue weighted by atomic mass is 10.00. The van der Waals surface area contributed by atoms with E-state index in [4.69, 9.17) is 5.11 Å². The standard InChI is InChI=1S/C20H30N2O/c1-16(2)17-6-7-20-19(14-17)18(15-22(20)11-5-13-23)8-12-21-9-3-4-10-21/h6-7,14-16,23H,3-5,8-13H2,1-2H3. The molecule has 0 spiro atoms. The van der Waals surface area contributed by atoms with Crippen LogP contribution in [0.2, 0.25) is 0 Å². The molecule has 0 unspecified atom stereocenters. The third-order valence-corrected chi connectivity index (χ3v) is 5.11. The first-order chi connectivity index (χ1) is 11.2. The van der Waals surface area contributed by atoms with Gasteiger partial charge in [-0.15, -0.1) is 0 Å². The maximum absolute atomic E-state index is 9.15. The van der Waals surface area contributed by atoms with Crippen LogP contribution < -0.4 is 0 Å². The lowest BCUT2D eigenvalue weighted by molar-refractivity contribution is 0.280. The van der Waals surface area contributed by atoms with Crippen molar-refractivity contribution in [3.63, 3.8) is 0 Å². The van der Waals surface area contributed by atoms with E-state index in [1.165, 1.54) is 54.5 Å². The van der Waals surface area contributed by atoms with Gasteiger partial charge in [0.05, 0.1) is 0 Å². The topological polar surface area (TPSA) is 28.4 Å². The molecule has 1 aliphatic heterocycles. The van der Waals surface area contributed by atoms with Crippen LogP contribution in [0.3, 0.4) is 0 Å². The minimum Gasteiger partial charge on any atom is -0.396 e. The third-order valence-electron chi connectivity index (χ3n) is 5.11. The summed E-state index contributed by atoms with van der Waals surface area (Å²) in [7, 11) is 0. The normalized spacial score (nSPS) is 16.0. The summed E-state index contributed by atoms with van der Waals surface area (Å²) in [5, 5.41) is 10.6. The molecule has 0 atom stereocenters. The highest BCUT2D eigenvalue weighted by Gasteiger charge is 2.14. The Morgan fingerprint density at radius 3 is 2.61 bits per heavy atom. The summed E-state index contributed by atoms with van der Waals surface area (Å²) in [6, 6.07) is 6.91. The van der Waals surface area contributed by atoms with Gasteiger partial charge in [-0.25, -0.2) is 0 Å². The van der Waals surface area contributed by atoms with Gasteiger partial charge in [-0.2, -0.15) is 0 Å². The lowest BCUT2D eigenvalue weighted by Crippen LogP contribution is -2.21. The summed E-state index contributed by atoms with van der Waals surface area (Å²) in [6.45, 7) is 9.37. The second kappa shape index (κ2) is 7.50. The Labute approximate surface area is 139 Å². The molecular weight excluding hydrogens is 284 g/mol. The zero-order chi connectivity index (χ0) is 16.2. The van der Waals surface area contributed by atoms with E-state index in [1.807, 2.05) is 0 Å². The molecule has 1 aromatic heterocycles. The Morgan fingerprint density at radius 2 is 1.91 bits per heavy atom. The number of benzene rings is 1. The molecule has 0 radical (unpaired) electrons. The van der Waals surface area contributed by atoms with Crippen molar-refractivity contribution in [3.05, 3.63) is 35.5 Å². The molecule has 1 N–H and O–H groups in total. The van der Waals surface area contributed by atoms with Crippen molar-refractivity contribution in [2.45, 2.75) is 52.0 Å². The molecule has 2 heterocycles. The zero-order valence-corrected chi connectivity index (χ0v) is 14.6. The minimum atomic E-state index is 0.257. The predicted molar refractivity (Wildman–Crippen MR) is 97.1 cm³/mol. The summed E-state index contributed by atoms with van der Waals surface area (Å²) in [4.78, 5) is 2.59. The molecule has 3 rings (SSSR count). The van der Waals surface area contributed by atoms with E-state index in [0.717, 1.165) is 19.4 Å². The van der Waals surface area contributed by atoms with E-state index in [1.54, 1.807) is 0 Å². The molecule has 2 aromatic rings. The third kappa shape index (κ3) is 3.78. The van der Waals surface area contributed by atoms with Crippen molar-refractivity contribution < 1.29 is 5.11 Å². The number of aliphatic hydroxyl groups is 1. The van der Waals surface area contributed by atoms with Gasteiger partial charge in [0.25, 0.3) is 0 Å². The van der Waals surface area contributed by atoms with Crippen LogP contribution in [0.5, 0.6) is 0 Å². The Hall–Kier alpha value is -1.32. The fraction of sp³-hybridized carbons (Fsp3) is 0.600. The molecule has 0 aliphatic carbocycles. The zero-order valence-electron chi connectivity index (χ0n) is 14.6. The van der Waals surface area contributed by atoms with Crippen LogP contribution in [0.1, 0.15) is 50.2 Å². The van der Waals surface area contributed by atoms with Gasteiger partial charge < -0.3 is 14.6 Å². The predicted octanol–water partition coefficient (Wildman–Crippen LogP) is 3.79. The first-order valence-corrected chi connectivity index (χ1v) is 9.14. The highest BCUT2D eigenvalue weighted by Crippen LogP contribution is 2.27. The van der Waals surface area contributed by atoms with Gasteiger partial charge >= 0.3 is 0 Å². The Balaban J connectivity index is 1.87. The van der Waals surface area contributed by atoms with Gasteiger partial charge in [0.2, 0.25) is 0 Å². The van der Waals surface area contributed by atoms with Crippen molar-refractivity contribution in [1.82, 2.24) is 9.47 Å². The SMILES string of the molecule is CC(C)c1ccc2c(c1)c(CCN1CCCC1)cn2CCCO. The van der Waals surface area contributed by atoms with Gasteiger partial charge in [-0.3, -0.25) is 0 Å². The molecule has 1 aromatic carbocycles. The number of aromatic nitrogens is 1. The average molecular weight is 314 g/mol. The van der Waals surface area contributed by atoms with Crippen molar-refractivity contribution in [2.75, 3.05) is 26.2 Å². The van der Waals surface area contributed by atoms with E-state index in [0.29, 0.717) is 5.92 Å². The molecular formula is C20H30N2O. The van der Waals surface area contributed by atoms with Gasteiger partial charge in [0.1, 0.15) is 0 Å². The van der Waals surface area contributed by atoms with E-state index >= 15 is 0 Å². The van der Waals surface area contributed by atoms with Gasteiger partial charge in [0, 0.05) is 36.8 Å². The molecule has 3 heteroatoms. The highest BCUT2D eigenvalue weighted by atomic mass is 16.3. The second-order valence-electron chi connectivity index (χ2n) is 7.15. The molecule has 0 amide bonds. The number of hydrogen-bond acceptors (Lipinski definition) is 2. The van der Waals surface area contributed by atoms with Crippen LogP contribution in [0.15, 0.2) is 24.4 Å². The summed E-state index contributed by atoms with van der Waals surface area (Å²) in [5.41, 5.74) is 4.20. The molecule has 1 aliphatic rings. The molecule has 1 saturated heterocycles. The monoisotopic (exact) mass is 314 g/mol. The summed E-state index contributed by atoms with van der Waals surface area (Å²) in [5.74, 6) is 0.562. The Bertz CT molecular complexity index is 638. The summed E-state index contributed by atoms with van der Waals surface area (Å²) in [6.07, 6.45) is 6.98. The number of fused-ring (bicyclic) bond motifs is 1. The molecule has 0 bridgehead atoms. The minimum absolute atomic E-state index is 0.257. The van der Waals surface area contributed by atoms with Gasteiger partial charge in [-0.05, 0) is 68.0 Å². The number of nitrogens with zero attached hydrogens (tertiary/aromatic N) is 2. The highest BCUT2D eigenvalue weighted by molar-refractivity contribution is 5.85. The van der Waals surface area contributed by atoms with Crippen LogP contribution in [-0.2, 0) is 13.0 Å². The van der Waals surface area contributed by atoms with E-state index in [2.05, 4.69) is 47.7 Å². The molecule has 126 valence electrons. The van der Waals surface area contributed by atoms with E-state index in [9.17, 15) is 0 Å². The van der Waals surface area contributed by atoms with Gasteiger partial charge in [0.15, 0.2) is 0 Å². The van der Waals surface area contributed by atoms with Crippen molar-refractivity contribution in [2.24, 2.45) is 0 Å². The first kappa shape index (κ1) is 16.5. The quantitative estimate of drug-likeness (QED) is 0.842. The number of aliphatic hydroxyl groups excluding tert-OH is 1. The van der Waals surface area contributed by atoms with Crippen LogP contribution in [0.25, 0.3) is 10.9 Å². The van der Waals surface area contributed by atoms with E-state index < -0.39 is 0 Å². The maximum Gasteiger partial charge on any atom is 0.0483 e. The van der Waals surface area contributed by atoms with Gasteiger partial charge in [-0.1, -0.05) is 19.9 Å². The van der Waals surface area contributed by atoms with Crippen molar-refractivity contribution in [3.8, 4) is 0 Å². The molecule has 3 nitrogen and oxygen atoms in total. The Kier molecular flexibility index (Phi) is 5.39. The van der Waals surface area contributed by atoms with Crippen LogP contribution in [-0.4, -0.2) is 40.8 Å². The summed E-state index contributed by atoms with van der Waals surface area (Å²) >= 11 is 0. The van der Waals surface area contributed by atoms with Crippen LogP contribution >= 0.6 is 0 Å². The number of likely N-dealkylation sites (tertiary alicyclic amines) is 1. The number of rotatable bonds is 7. The number of hydrogen-bond donors (Lipinski definition) is 1. The molecule has 0 saturated carbocycles. The fourth-order valence-corrected chi connectivity index (χ4v) is 3.66. The van der Waals surface area contributed by atoms with Crippen LogP contribution in [0.4, 0.5) is 0 Å². The number of aryl methyl sites for hydroxylation is 1. The lowest BCUT2D eigenvalue weighted by Gasteiger charge is -2.13. The Morgan fingerprint density at radius 1 is 1.13 bits per heavy atom. The van der Waals surface area contributed by atoms with Crippen molar-refractivity contribution >= 4 is 10.9 Å². The fourth-order valence-electron chi connectivity index (χ4n) is 3.66. The smallest absolute Gasteiger partial charge is 0.0483 e. The maximum atomic E-state index is 9.15. The van der Waals surface area contributed by atoms with E-state index in [-0.39, 0.29) is 6.61 Å². The summed E-state index contributed by atoms with van der Waals surface area (Å²) < 4.78 is 2.33. The first-order valence-electron chi connectivity index (χ1n) is 9.14. The average Bonchev–Trinajstić information content (AvgIpc) is 3.18. The van der Waals surface area contributed by atoms with Crippen LogP contribution in [0, 0.1) is 0 Å². The van der Waals surface area contributed by atoms with Crippen molar-refractivity contribution in [1.29, 1.82) is 0 Å². The second-order valence-corrected chi connectivity index (χ2v) is 7.15. The molecule has 23 heavy (non-hydrogen) atoms. The molecule has 1 fully saturated rings. The largest absolute Gasteiger partial charge is 0.396 e.